The molecule has 0 radical (unpaired) electrons. The first-order valence-corrected chi connectivity index (χ1v) is 8.96. The molecule has 0 aromatic heterocycles. The van der Waals surface area contributed by atoms with Crippen molar-refractivity contribution in [1.29, 1.82) is 0 Å². The van der Waals surface area contributed by atoms with Crippen LogP contribution in [-0.2, 0) is 11.2 Å². The van der Waals surface area contributed by atoms with Crippen molar-refractivity contribution >= 4 is 29.1 Å². The van der Waals surface area contributed by atoms with E-state index in [1.54, 1.807) is 48.5 Å². The third-order valence-electron chi connectivity index (χ3n) is 4.03. The minimum Gasteiger partial charge on any atom is -0.340 e. The molecule has 136 valence electrons. The van der Waals surface area contributed by atoms with Crippen LogP contribution in [0, 0.1) is 0 Å². The van der Waals surface area contributed by atoms with Gasteiger partial charge in [-0.05, 0) is 35.9 Å². The first kappa shape index (κ1) is 18.7. The standard InChI is InChI=1S/C22H19ClN2O2/c23-18-12-7-13-19(15-18)24-22(27)20(14-16-8-3-1-4-9-16)25-21(26)17-10-5-2-6-11-17/h1-13,15,20H,14H2,(H,24,27)(H,25,26)/t20-/m0/s1. The molecule has 0 saturated carbocycles. The predicted octanol–water partition coefficient (Wildman–Crippen LogP) is 4.32. The number of carbonyl (C=O) groups is 2. The van der Waals surface area contributed by atoms with Crippen molar-refractivity contribution in [2.75, 3.05) is 5.32 Å². The van der Waals surface area contributed by atoms with Crippen LogP contribution >= 0.6 is 11.6 Å². The van der Waals surface area contributed by atoms with Gasteiger partial charge in [0, 0.05) is 22.7 Å². The second-order valence-electron chi connectivity index (χ2n) is 6.08. The van der Waals surface area contributed by atoms with E-state index in [0.29, 0.717) is 22.7 Å². The number of hydrogen-bond acceptors (Lipinski definition) is 2. The SMILES string of the molecule is O=C(N[C@@H](Cc1ccccc1)C(=O)Nc1cccc(Cl)c1)c1ccccc1. The Morgan fingerprint density at radius 1 is 0.852 bits per heavy atom. The number of hydrogen-bond donors (Lipinski definition) is 2. The van der Waals surface area contributed by atoms with E-state index in [2.05, 4.69) is 10.6 Å². The zero-order valence-electron chi connectivity index (χ0n) is 14.6. The Morgan fingerprint density at radius 2 is 1.52 bits per heavy atom. The number of amides is 2. The van der Waals surface area contributed by atoms with E-state index >= 15 is 0 Å². The van der Waals surface area contributed by atoms with Crippen LogP contribution in [-0.4, -0.2) is 17.9 Å². The van der Waals surface area contributed by atoms with Crippen molar-refractivity contribution in [2.24, 2.45) is 0 Å². The number of carbonyl (C=O) groups excluding carboxylic acids is 2. The summed E-state index contributed by atoms with van der Waals surface area (Å²) in [6.07, 6.45) is 0.381. The molecule has 5 heteroatoms. The maximum absolute atomic E-state index is 12.8. The molecule has 3 aromatic carbocycles. The molecule has 0 spiro atoms. The molecule has 0 aliphatic carbocycles. The zero-order valence-corrected chi connectivity index (χ0v) is 15.3. The fourth-order valence-electron chi connectivity index (χ4n) is 2.69. The van der Waals surface area contributed by atoms with Crippen LogP contribution in [0.2, 0.25) is 5.02 Å². The second-order valence-corrected chi connectivity index (χ2v) is 6.52. The van der Waals surface area contributed by atoms with Gasteiger partial charge in [-0.1, -0.05) is 66.2 Å². The van der Waals surface area contributed by atoms with Crippen LogP contribution < -0.4 is 10.6 Å². The Morgan fingerprint density at radius 3 is 2.19 bits per heavy atom. The van der Waals surface area contributed by atoms with Crippen LogP contribution in [0.1, 0.15) is 15.9 Å². The Hall–Kier alpha value is -3.11. The highest BCUT2D eigenvalue weighted by Gasteiger charge is 2.22. The molecule has 3 rings (SSSR count). The largest absolute Gasteiger partial charge is 0.340 e. The monoisotopic (exact) mass is 378 g/mol. The predicted molar refractivity (Wildman–Crippen MR) is 108 cm³/mol. The average Bonchev–Trinajstić information content (AvgIpc) is 2.69. The van der Waals surface area contributed by atoms with Gasteiger partial charge in [0.15, 0.2) is 0 Å². The summed E-state index contributed by atoms with van der Waals surface area (Å²) in [5.41, 5.74) is 2.04. The smallest absolute Gasteiger partial charge is 0.251 e. The molecule has 0 unspecified atom stereocenters. The molecule has 0 aliphatic rings. The quantitative estimate of drug-likeness (QED) is 0.671. The lowest BCUT2D eigenvalue weighted by atomic mass is 10.0. The van der Waals surface area contributed by atoms with Crippen LogP contribution in [0.4, 0.5) is 5.69 Å². The highest BCUT2D eigenvalue weighted by molar-refractivity contribution is 6.30. The first-order chi connectivity index (χ1) is 13.1. The molecule has 0 saturated heterocycles. The lowest BCUT2D eigenvalue weighted by molar-refractivity contribution is -0.118. The normalized spacial score (nSPS) is 11.4. The Kier molecular flexibility index (Phi) is 6.23. The van der Waals surface area contributed by atoms with Gasteiger partial charge in [0.1, 0.15) is 6.04 Å². The van der Waals surface area contributed by atoms with Crippen molar-refractivity contribution in [1.82, 2.24) is 5.32 Å². The fraction of sp³-hybridized carbons (Fsp3) is 0.0909. The average molecular weight is 379 g/mol. The summed E-state index contributed by atoms with van der Waals surface area (Å²) < 4.78 is 0. The number of halogens is 1. The summed E-state index contributed by atoms with van der Waals surface area (Å²) in [6, 6.07) is 24.6. The molecule has 0 aliphatic heterocycles. The minimum absolute atomic E-state index is 0.294. The molecule has 0 bridgehead atoms. The van der Waals surface area contributed by atoms with Gasteiger partial charge in [0.25, 0.3) is 5.91 Å². The molecule has 1 atom stereocenters. The van der Waals surface area contributed by atoms with Gasteiger partial charge in [-0.2, -0.15) is 0 Å². The number of benzene rings is 3. The van der Waals surface area contributed by atoms with Gasteiger partial charge < -0.3 is 10.6 Å². The molecule has 0 heterocycles. The van der Waals surface area contributed by atoms with Gasteiger partial charge in [0.05, 0.1) is 0 Å². The molecule has 2 amide bonds. The molecule has 0 fully saturated rings. The van der Waals surface area contributed by atoms with Gasteiger partial charge in [-0.25, -0.2) is 0 Å². The number of rotatable bonds is 6. The van der Waals surface area contributed by atoms with E-state index in [4.69, 9.17) is 11.6 Å². The van der Waals surface area contributed by atoms with Crippen LogP contribution in [0.15, 0.2) is 84.9 Å². The summed E-state index contributed by atoms with van der Waals surface area (Å²) in [7, 11) is 0. The van der Waals surface area contributed by atoms with E-state index in [1.807, 2.05) is 36.4 Å². The number of nitrogens with one attached hydrogen (secondary N) is 2. The van der Waals surface area contributed by atoms with E-state index in [9.17, 15) is 9.59 Å². The molecular formula is C22H19ClN2O2. The molecule has 4 nitrogen and oxygen atoms in total. The Bertz CT molecular complexity index is 914. The summed E-state index contributed by atoms with van der Waals surface area (Å²) in [4.78, 5) is 25.4. The molecule has 2 N–H and O–H groups in total. The van der Waals surface area contributed by atoms with Crippen molar-refractivity contribution < 1.29 is 9.59 Å². The van der Waals surface area contributed by atoms with Gasteiger partial charge >= 0.3 is 0 Å². The first-order valence-electron chi connectivity index (χ1n) is 8.58. The van der Waals surface area contributed by atoms with Gasteiger partial charge in [0.2, 0.25) is 5.91 Å². The summed E-state index contributed by atoms with van der Waals surface area (Å²) in [6.45, 7) is 0. The van der Waals surface area contributed by atoms with E-state index in [1.165, 1.54) is 0 Å². The minimum atomic E-state index is -0.723. The van der Waals surface area contributed by atoms with Crippen molar-refractivity contribution in [3.63, 3.8) is 0 Å². The van der Waals surface area contributed by atoms with Crippen LogP contribution in [0.25, 0.3) is 0 Å². The molecular weight excluding hydrogens is 360 g/mol. The van der Waals surface area contributed by atoms with Gasteiger partial charge in [-0.3, -0.25) is 9.59 Å². The third-order valence-corrected chi connectivity index (χ3v) is 4.27. The van der Waals surface area contributed by atoms with Crippen molar-refractivity contribution in [3.8, 4) is 0 Å². The van der Waals surface area contributed by atoms with Gasteiger partial charge in [-0.15, -0.1) is 0 Å². The van der Waals surface area contributed by atoms with Crippen molar-refractivity contribution in [2.45, 2.75) is 12.5 Å². The summed E-state index contributed by atoms with van der Waals surface area (Å²) >= 11 is 5.98. The molecule has 27 heavy (non-hydrogen) atoms. The van der Waals surface area contributed by atoms with E-state index in [-0.39, 0.29) is 11.8 Å². The maximum atomic E-state index is 12.8. The zero-order chi connectivity index (χ0) is 19.1. The second kappa shape index (κ2) is 9.01. The lowest BCUT2D eigenvalue weighted by Gasteiger charge is -2.19. The van der Waals surface area contributed by atoms with Crippen LogP contribution in [0.5, 0.6) is 0 Å². The van der Waals surface area contributed by atoms with Crippen LogP contribution in [0.3, 0.4) is 0 Å². The van der Waals surface area contributed by atoms with E-state index in [0.717, 1.165) is 5.56 Å². The number of anilines is 1. The third kappa shape index (κ3) is 5.43. The maximum Gasteiger partial charge on any atom is 0.251 e. The van der Waals surface area contributed by atoms with Crippen molar-refractivity contribution in [3.05, 3.63) is 101 Å². The summed E-state index contributed by atoms with van der Waals surface area (Å²) in [5, 5.41) is 6.18. The highest BCUT2D eigenvalue weighted by atomic mass is 35.5. The van der Waals surface area contributed by atoms with E-state index < -0.39 is 6.04 Å². The highest BCUT2D eigenvalue weighted by Crippen LogP contribution is 2.16. The Balaban J connectivity index is 1.78. The fourth-order valence-corrected chi connectivity index (χ4v) is 2.88. The molecule has 3 aromatic rings. The Labute approximate surface area is 163 Å². The summed E-state index contributed by atoms with van der Waals surface area (Å²) in [5.74, 6) is -0.594. The lowest BCUT2D eigenvalue weighted by Crippen LogP contribution is -2.45. The topological polar surface area (TPSA) is 58.2 Å².